The zero-order chi connectivity index (χ0) is 12.0. The Hall–Kier alpha value is 0.745. The van der Waals surface area contributed by atoms with Crippen molar-refractivity contribution in [2.45, 2.75) is 0 Å². The van der Waals surface area contributed by atoms with Crippen molar-refractivity contribution in [2.24, 2.45) is 0 Å². The van der Waals surface area contributed by atoms with Crippen molar-refractivity contribution in [3.63, 3.8) is 0 Å². The molecule has 0 atom stereocenters. The predicted octanol–water partition coefficient (Wildman–Crippen LogP) is -5.42. The molecule has 0 aromatic rings. The van der Waals surface area contributed by atoms with E-state index in [1.807, 2.05) is 0 Å². The second-order valence-corrected chi connectivity index (χ2v) is 0. The zero-order valence-electron chi connectivity index (χ0n) is 8.09. The van der Waals surface area contributed by atoms with Gasteiger partial charge in [-0.15, -0.1) is 0 Å². The molecular formula is C6CrK2N6. The normalized spacial score (nSPS) is 0.800. The molecule has 0 saturated carbocycles. The summed E-state index contributed by atoms with van der Waals surface area (Å²) in [5.74, 6) is 0. The largest absolute Gasteiger partial charge is 4.00 e. The molecule has 0 radical (unpaired) electrons. The molecule has 0 aromatic carbocycles. The van der Waals surface area contributed by atoms with Gasteiger partial charge in [0, 0.05) is 0 Å². The summed E-state index contributed by atoms with van der Waals surface area (Å²) in [6, 6.07) is 0. The maximum Gasteiger partial charge on any atom is 4.00 e. The maximum atomic E-state index is 6.25. The average Bonchev–Trinajstić information content (AvgIpc) is 2.33. The van der Waals surface area contributed by atoms with Crippen LogP contribution in [0.4, 0.5) is 0 Å². The molecule has 0 aromatic heterocycles. The summed E-state index contributed by atoms with van der Waals surface area (Å²) < 4.78 is 0. The van der Waals surface area contributed by atoms with Crippen molar-refractivity contribution in [1.29, 1.82) is 31.6 Å². The monoisotopic (exact) mass is 286 g/mol. The van der Waals surface area contributed by atoms with Crippen LogP contribution in [0.5, 0.6) is 0 Å². The van der Waals surface area contributed by atoms with Gasteiger partial charge in [0.15, 0.2) is 0 Å². The summed E-state index contributed by atoms with van der Waals surface area (Å²) in [4.78, 5) is 0. The molecule has 0 unspecified atom stereocenters. The molecule has 0 heterocycles. The van der Waals surface area contributed by atoms with Gasteiger partial charge in [-0.3, -0.25) is 0 Å². The van der Waals surface area contributed by atoms with Crippen LogP contribution in [0.2, 0.25) is 0 Å². The van der Waals surface area contributed by atoms with Crippen LogP contribution < -0.4 is 103 Å². The number of hydrogen-bond donors (Lipinski definition) is 0. The first-order valence-corrected chi connectivity index (χ1v) is 1.34. The second-order valence-electron chi connectivity index (χ2n) is 0. The molecule has 0 N–H and O–H groups in total. The van der Waals surface area contributed by atoms with E-state index in [-0.39, 0.29) is 120 Å². The van der Waals surface area contributed by atoms with Gasteiger partial charge in [-0.05, 0) is 0 Å². The van der Waals surface area contributed by atoms with E-state index in [2.05, 4.69) is 0 Å². The van der Waals surface area contributed by atoms with Gasteiger partial charge in [0.1, 0.15) is 0 Å². The third-order valence-corrected chi connectivity index (χ3v) is 0. The second kappa shape index (κ2) is 5020. The molecule has 0 spiro atoms. The standard InChI is InChI=1S/6CN.Cr.2K/c6*1-2;;;/q6*-1;+4;2*+1. The fourth-order valence-corrected chi connectivity index (χ4v) is 0. The molecule has 0 amide bonds. The minimum absolute atomic E-state index is 0. The molecule has 0 saturated heterocycles. The quantitative estimate of drug-likeness (QED) is 0.321. The van der Waals surface area contributed by atoms with Gasteiger partial charge in [-0.2, -0.15) is 0 Å². The van der Waals surface area contributed by atoms with Crippen molar-refractivity contribution in [2.75, 3.05) is 0 Å². The number of nitrogens with zero attached hydrogens (tertiary/aromatic N) is 6. The van der Waals surface area contributed by atoms with Crippen LogP contribution in [0.25, 0.3) is 0 Å². The Morgan fingerprint density at radius 3 is 0.333 bits per heavy atom. The van der Waals surface area contributed by atoms with E-state index in [9.17, 15) is 0 Å². The van der Waals surface area contributed by atoms with E-state index in [1.165, 1.54) is 0 Å². The molecule has 0 fully saturated rings. The SMILES string of the molecule is [C-]#N.[C-]#N.[C-]#N.[C-]#N.[C-]#N.[C-]#N.[Cr+4].[K+].[K+]. The van der Waals surface area contributed by atoms with Crippen molar-refractivity contribution in [3.05, 3.63) is 39.4 Å². The third-order valence-electron chi connectivity index (χ3n) is 0. The van der Waals surface area contributed by atoms with Crippen LogP contribution in [0.3, 0.4) is 0 Å². The van der Waals surface area contributed by atoms with Gasteiger partial charge < -0.3 is 71.0 Å². The smallest absolute Gasteiger partial charge is 0.512 e. The Balaban J connectivity index is -0.00000000396. The molecule has 62 valence electrons. The topological polar surface area (TPSA) is 143 Å². The van der Waals surface area contributed by atoms with Crippen molar-refractivity contribution in [1.82, 2.24) is 0 Å². The molecule has 9 heteroatoms. The van der Waals surface area contributed by atoms with Crippen molar-refractivity contribution >= 4 is 0 Å². The van der Waals surface area contributed by atoms with Crippen LogP contribution >= 0.6 is 0 Å². The summed E-state index contributed by atoms with van der Waals surface area (Å²) in [6.45, 7) is 28.5. The first kappa shape index (κ1) is 75.2. The average molecular weight is 286 g/mol. The first-order chi connectivity index (χ1) is 6.00. The Morgan fingerprint density at radius 1 is 0.333 bits per heavy atom. The van der Waals surface area contributed by atoms with Gasteiger partial charge in [0.05, 0.1) is 0 Å². The van der Waals surface area contributed by atoms with Crippen LogP contribution in [0, 0.1) is 71.0 Å². The van der Waals surface area contributed by atoms with E-state index in [0.717, 1.165) is 0 Å². The van der Waals surface area contributed by atoms with Gasteiger partial charge >= 0.3 is 120 Å². The Kier molecular flexibility index (Phi) is 25200. The number of rotatable bonds is 0. The molecule has 6 nitrogen and oxygen atoms in total. The molecule has 0 aliphatic rings. The summed E-state index contributed by atoms with van der Waals surface area (Å²) in [6.07, 6.45) is 0. The summed E-state index contributed by atoms with van der Waals surface area (Å²) in [5.41, 5.74) is 0. The zero-order valence-corrected chi connectivity index (χ0v) is 15.6. The van der Waals surface area contributed by atoms with Crippen LogP contribution in [-0.4, -0.2) is 0 Å². The molecule has 0 aliphatic carbocycles. The van der Waals surface area contributed by atoms with Gasteiger partial charge in [0.2, 0.25) is 0 Å². The van der Waals surface area contributed by atoms with Gasteiger partial charge in [0.25, 0.3) is 0 Å². The van der Waals surface area contributed by atoms with Crippen LogP contribution in [-0.2, 0) is 17.4 Å². The molecular weight excluding hydrogens is 286 g/mol. The Bertz CT molecular complexity index is 101. The summed E-state index contributed by atoms with van der Waals surface area (Å²) in [7, 11) is 0. The van der Waals surface area contributed by atoms with Crippen molar-refractivity contribution < 1.29 is 120 Å². The molecule has 15 heavy (non-hydrogen) atoms. The maximum absolute atomic E-state index is 6.25. The summed E-state index contributed by atoms with van der Waals surface area (Å²) >= 11 is 0. The van der Waals surface area contributed by atoms with E-state index >= 15 is 0 Å². The Labute approximate surface area is 187 Å². The Morgan fingerprint density at radius 2 is 0.333 bits per heavy atom. The van der Waals surface area contributed by atoms with Gasteiger partial charge in [-0.25, -0.2) is 0 Å². The predicted molar refractivity (Wildman–Crippen MR) is 29.8 cm³/mol. The van der Waals surface area contributed by atoms with E-state index in [1.54, 1.807) is 0 Å². The van der Waals surface area contributed by atoms with Crippen LogP contribution in [0.15, 0.2) is 0 Å². The van der Waals surface area contributed by atoms with Crippen molar-refractivity contribution in [3.8, 4) is 0 Å². The first-order valence-electron chi connectivity index (χ1n) is 1.34. The fourth-order valence-electron chi connectivity index (χ4n) is 0. The third kappa shape index (κ3) is 4310. The van der Waals surface area contributed by atoms with Gasteiger partial charge in [-0.1, -0.05) is 0 Å². The minimum Gasteiger partial charge on any atom is -0.512 e. The minimum atomic E-state index is 0. The van der Waals surface area contributed by atoms with E-state index < -0.39 is 0 Å². The fraction of sp³-hybridized carbons (Fsp3) is 0. The van der Waals surface area contributed by atoms with Crippen LogP contribution in [0.1, 0.15) is 0 Å². The molecule has 0 rings (SSSR count). The molecule has 0 aliphatic heterocycles. The summed E-state index contributed by atoms with van der Waals surface area (Å²) in [5, 5.41) is 37.5. The number of hydrogen-bond acceptors (Lipinski definition) is 6. The van der Waals surface area contributed by atoms with E-state index in [0.29, 0.717) is 0 Å². The molecule has 0 bridgehead atoms. The van der Waals surface area contributed by atoms with E-state index in [4.69, 9.17) is 71.0 Å².